The lowest BCUT2D eigenvalue weighted by molar-refractivity contribution is -0.137. The van der Waals surface area contributed by atoms with Gasteiger partial charge in [0.05, 0.1) is 11.3 Å². The van der Waals surface area contributed by atoms with Crippen LogP contribution in [0.25, 0.3) is 5.57 Å². The maximum absolute atomic E-state index is 13.3. The summed E-state index contributed by atoms with van der Waals surface area (Å²) in [5, 5.41) is 6.14. The van der Waals surface area contributed by atoms with Crippen molar-refractivity contribution in [3.8, 4) is 5.75 Å². The van der Waals surface area contributed by atoms with Gasteiger partial charge >= 0.3 is 6.18 Å². The predicted octanol–water partition coefficient (Wildman–Crippen LogP) is 7.06. The molecular formula is C28H35F3N2O2Si. The van der Waals surface area contributed by atoms with E-state index in [-0.39, 0.29) is 11.3 Å². The summed E-state index contributed by atoms with van der Waals surface area (Å²) in [6.07, 6.45) is 0.593. The van der Waals surface area contributed by atoms with Crippen LogP contribution in [-0.4, -0.2) is 21.5 Å². The van der Waals surface area contributed by atoms with Crippen molar-refractivity contribution in [1.82, 2.24) is 0 Å². The van der Waals surface area contributed by atoms with Gasteiger partial charge in [0.2, 0.25) is 14.9 Å². The topological polar surface area (TPSA) is 50.4 Å². The van der Waals surface area contributed by atoms with E-state index in [4.69, 9.17) is 4.43 Å². The third-order valence-corrected chi connectivity index (χ3v) is 7.85. The van der Waals surface area contributed by atoms with E-state index < -0.39 is 20.8 Å². The highest BCUT2D eigenvalue weighted by Crippen LogP contribution is 2.43. The Labute approximate surface area is 213 Å². The number of carbonyl (C=O) groups excluding carboxylic acids is 1. The van der Waals surface area contributed by atoms with E-state index in [0.717, 1.165) is 42.6 Å². The van der Waals surface area contributed by atoms with Gasteiger partial charge < -0.3 is 15.1 Å². The Morgan fingerprint density at radius 2 is 1.89 bits per heavy atom. The first-order valence-corrected chi connectivity index (χ1v) is 15.4. The van der Waals surface area contributed by atoms with Crippen molar-refractivity contribution in [2.75, 3.05) is 17.2 Å². The third-order valence-electron chi connectivity index (χ3n) is 7.13. The van der Waals surface area contributed by atoms with Crippen LogP contribution in [0.15, 0.2) is 36.4 Å². The van der Waals surface area contributed by atoms with Crippen LogP contribution in [0, 0.1) is 11.3 Å². The highest BCUT2D eigenvalue weighted by atomic mass is 28.3. The first kappa shape index (κ1) is 26.3. The number of hydrogen-bond donors (Lipinski definition) is 2. The Balaban J connectivity index is 1.67. The fourth-order valence-electron chi connectivity index (χ4n) is 5.12. The average molecular weight is 517 g/mol. The minimum Gasteiger partial charge on any atom is -0.546 e. The van der Waals surface area contributed by atoms with Crippen LogP contribution in [0.2, 0.25) is 13.1 Å². The molecule has 36 heavy (non-hydrogen) atoms. The van der Waals surface area contributed by atoms with Crippen LogP contribution in [0.4, 0.5) is 24.5 Å². The molecule has 0 saturated carbocycles. The first-order valence-electron chi connectivity index (χ1n) is 12.6. The van der Waals surface area contributed by atoms with E-state index in [1.54, 1.807) is 0 Å². The molecule has 0 spiro atoms. The molecule has 0 radical (unpaired) electrons. The number of fused-ring (bicyclic) bond motifs is 2. The zero-order valence-corrected chi connectivity index (χ0v) is 22.8. The van der Waals surface area contributed by atoms with Gasteiger partial charge in [0.1, 0.15) is 5.75 Å². The molecule has 1 amide bonds. The third kappa shape index (κ3) is 5.80. The van der Waals surface area contributed by atoms with Crippen LogP contribution in [0.5, 0.6) is 5.75 Å². The second-order valence-corrected chi connectivity index (χ2v) is 13.5. The second-order valence-electron chi connectivity index (χ2n) is 11.1. The lowest BCUT2D eigenvalue weighted by Crippen LogP contribution is -2.28. The number of anilines is 2. The molecule has 8 heteroatoms. The van der Waals surface area contributed by atoms with Crippen molar-refractivity contribution in [1.29, 1.82) is 0 Å². The van der Waals surface area contributed by atoms with Gasteiger partial charge in [0, 0.05) is 23.9 Å². The molecule has 0 fully saturated rings. The molecule has 4 nitrogen and oxygen atoms in total. The summed E-state index contributed by atoms with van der Waals surface area (Å²) in [4.78, 5) is 13.3. The smallest absolute Gasteiger partial charge is 0.416 e. The Morgan fingerprint density at radius 3 is 2.56 bits per heavy atom. The maximum atomic E-state index is 13.3. The Bertz CT molecular complexity index is 1180. The Morgan fingerprint density at radius 1 is 1.14 bits per heavy atom. The summed E-state index contributed by atoms with van der Waals surface area (Å²) >= 11 is 0. The standard InChI is InChI=1S/C28H35F3N2O2Si/c1-27(2,3)19-8-6-17-7-11-24(35-36(4)5)26(22(17)15-19)33-25(34)14-18-12-13-32-23-16-20(28(29,30)31)9-10-21(18)23/h7,9-11,14,16,19,32,36H,6,8,12-13,15H2,1-5H3,(H,33,34). The number of nitrogens with one attached hydrogen (secondary N) is 2. The molecule has 194 valence electrons. The van der Waals surface area contributed by atoms with Gasteiger partial charge in [0.15, 0.2) is 0 Å². The quantitative estimate of drug-likeness (QED) is 0.338. The summed E-state index contributed by atoms with van der Waals surface area (Å²) in [6, 6.07) is 7.71. The van der Waals surface area contributed by atoms with E-state index in [2.05, 4.69) is 50.6 Å². The van der Waals surface area contributed by atoms with Crippen LogP contribution >= 0.6 is 0 Å². The van der Waals surface area contributed by atoms with Crippen molar-refractivity contribution in [2.24, 2.45) is 11.3 Å². The normalized spacial score (nSPS) is 18.9. The zero-order valence-electron chi connectivity index (χ0n) is 21.6. The number of hydrogen-bond acceptors (Lipinski definition) is 3. The van der Waals surface area contributed by atoms with Crippen molar-refractivity contribution < 1.29 is 22.4 Å². The molecule has 2 aromatic rings. The van der Waals surface area contributed by atoms with Crippen molar-refractivity contribution in [3.63, 3.8) is 0 Å². The molecule has 1 heterocycles. The molecule has 1 aliphatic heterocycles. The van der Waals surface area contributed by atoms with Crippen molar-refractivity contribution >= 4 is 31.9 Å². The van der Waals surface area contributed by atoms with E-state index in [1.807, 2.05) is 6.07 Å². The molecule has 0 bridgehead atoms. The van der Waals surface area contributed by atoms with Crippen LogP contribution in [-0.2, 0) is 23.8 Å². The minimum absolute atomic E-state index is 0.151. The Kier molecular flexibility index (Phi) is 7.28. The lowest BCUT2D eigenvalue weighted by Gasteiger charge is -2.36. The number of rotatable bonds is 4. The number of aryl methyl sites for hydroxylation is 1. The fraction of sp³-hybridized carbons (Fsp3) is 0.464. The maximum Gasteiger partial charge on any atom is 0.416 e. The van der Waals surface area contributed by atoms with E-state index in [1.165, 1.54) is 17.7 Å². The van der Waals surface area contributed by atoms with Gasteiger partial charge in [-0.25, -0.2) is 0 Å². The molecule has 2 aromatic carbocycles. The number of carbonyl (C=O) groups is 1. The van der Waals surface area contributed by atoms with Gasteiger partial charge in [-0.3, -0.25) is 4.79 Å². The highest BCUT2D eigenvalue weighted by Gasteiger charge is 2.33. The average Bonchev–Trinajstić information content (AvgIpc) is 2.78. The van der Waals surface area contributed by atoms with Gasteiger partial charge in [-0.1, -0.05) is 32.9 Å². The SMILES string of the molecule is C[SiH](C)Oc1ccc2c(c1NC(=O)C=C1CCNc3cc(C(F)(F)F)ccc31)CC(C(C)(C)C)CC2. The van der Waals surface area contributed by atoms with E-state index in [9.17, 15) is 18.0 Å². The molecule has 4 rings (SSSR count). The number of alkyl halides is 3. The van der Waals surface area contributed by atoms with E-state index in [0.29, 0.717) is 41.5 Å². The van der Waals surface area contributed by atoms with Crippen LogP contribution in [0.3, 0.4) is 0 Å². The molecule has 1 unspecified atom stereocenters. The molecule has 2 N–H and O–H groups in total. The van der Waals surface area contributed by atoms with Crippen LogP contribution < -0.4 is 15.1 Å². The number of amides is 1. The number of benzene rings is 2. The monoisotopic (exact) mass is 516 g/mol. The molecule has 0 aromatic heterocycles. The summed E-state index contributed by atoms with van der Waals surface area (Å²) in [5.41, 5.74) is 4.30. The molecule has 1 atom stereocenters. The van der Waals surface area contributed by atoms with Gasteiger partial charge in [0.25, 0.3) is 0 Å². The van der Waals surface area contributed by atoms with E-state index >= 15 is 0 Å². The lowest BCUT2D eigenvalue weighted by atomic mass is 9.70. The van der Waals surface area contributed by atoms with Crippen LogP contribution in [0.1, 0.15) is 55.9 Å². The van der Waals surface area contributed by atoms with Gasteiger partial charge in [-0.15, -0.1) is 0 Å². The number of halogens is 3. The van der Waals surface area contributed by atoms with Crippen molar-refractivity contribution in [2.45, 2.75) is 65.7 Å². The second kappa shape index (κ2) is 9.96. The van der Waals surface area contributed by atoms with Gasteiger partial charge in [-0.2, -0.15) is 13.2 Å². The molecule has 0 saturated heterocycles. The fourth-order valence-corrected chi connectivity index (χ4v) is 5.83. The molecule has 2 aliphatic rings. The van der Waals surface area contributed by atoms with Crippen molar-refractivity contribution in [3.05, 3.63) is 58.7 Å². The highest BCUT2D eigenvalue weighted by molar-refractivity contribution is 6.49. The summed E-state index contributed by atoms with van der Waals surface area (Å²) in [6.45, 7) is 11.4. The largest absolute Gasteiger partial charge is 0.546 e. The molecule has 1 aliphatic carbocycles. The predicted molar refractivity (Wildman–Crippen MR) is 142 cm³/mol. The Hall–Kier alpha value is -2.74. The summed E-state index contributed by atoms with van der Waals surface area (Å²) in [5.74, 6) is 0.904. The minimum atomic E-state index is -4.41. The zero-order chi connectivity index (χ0) is 26.3. The first-order chi connectivity index (χ1) is 16.8. The summed E-state index contributed by atoms with van der Waals surface area (Å²) < 4.78 is 45.7. The molecular weight excluding hydrogens is 481 g/mol. The van der Waals surface area contributed by atoms with Gasteiger partial charge in [-0.05, 0) is 85.0 Å². The summed E-state index contributed by atoms with van der Waals surface area (Å²) in [7, 11) is -1.43.